The summed E-state index contributed by atoms with van der Waals surface area (Å²) in [6.45, 7) is 1.85. The van der Waals surface area contributed by atoms with E-state index in [1.165, 1.54) is 0 Å². The topological polar surface area (TPSA) is 90.6 Å². The minimum absolute atomic E-state index is 0.189. The van der Waals surface area contributed by atoms with Gasteiger partial charge in [-0.1, -0.05) is 0 Å². The second-order valence-electron chi connectivity index (χ2n) is 4.15. The maximum Gasteiger partial charge on any atom is 0.328 e. The monoisotopic (exact) mass is 283 g/mol. The molecule has 106 valence electrons. The molecule has 3 heterocycles. The maximum atomic E-state index is 5.69. The van der Waals surface area contributed by atoms with Crippen LogP contribution in [0.5, 0.6) is 11.8 Å². The van der Waals surface area contributed by atoms with Crippen LogP contribution in [0.15, 0.2) is 37.1 Å². The third-order valence-electron chi connectivity index (χ3n) is 2.72. The van der Waals surface area contributed by atoms with Crippen LogP contribution in [-0.2, 0) is 0 Å². The van der Waals surface area contributed by atoms with Gasteiger partial charge in [0.25, 0.3) is 0 Å². The van der Waals surface area contributed by atoms with Crippen molar-refractivity contribution in [2.75, 3.05) is 12.4 Å². The van der Waals surface area contributed by atoms with Crippen LogP contribution in [-0.4, -0.2) is 36.5 Å². The lowest BCUT2D eigenvalue weighted by molar-refractivity contribution is 0.433. The van der Waals surface area contributed by atoms with Crippen molar-refractivity contribution in [3.8, 4) is 17.7 Å². The van der Waals surface area contributed by atoms with Crippen LogP contribution in [0.1, 0.15) is 5.69 Å². The molecule has 0 bridgehead atoms. The first-order valence-corrected chi connectivity index (χ1v) is 6.28. The van der Waals surface area contributed by atoms with Crippen LogP contribution in [0.2, 0.25) is 0 Å². The first-order valence-electron chi connectivity index (χ1n) is 6.28. The molecule has 0 radical (unpaired) electrons. The maximum absolute atomic E-state index is 5.69. The highest BCUT2D eigenvalue weighted by atomic mass is 16.5. The summed E-state index contributed by atoms with van der Waals surface area (Å²) in [4.78, 5) is 20.8. The summed E-state index contributed by atoms with van der Waals surface area (Å²) < 4.78 is 7.36. The van der Waals surface area contributed by atoms with Crippen LogP contribution in [0, 0.1) is 6.92 Å². The van der Waals surface area contributed by atoms with E-state index in [1.807, 2.05) is 13.0 Å². The van der Waals surface area contributed by atoms with E-state index in [-0.39, 0.29) is 6.01 Å². The molecule has 0 aliphatic heterocycles. The van der Waals surface area contributed by atoms with Gasteiger partial charge in [-0.3, -0.25) is 9.55 Å². The molecule has 1 N–H and O–H groups in total. The Balaban J connectivity index is 1.99. The lowest BCUT2D eigenvalue weighted by Gasteiger charge is -2.09. The number of imidazole rings is 1. The number of nitrogens with zero attached hydrogens (tertiary/aromatic N) is 6. The van der Waals surface area contributed by atoms with Crippen molar-refractivity contribution in [2.45, 2.75) is 6.92 Å². The fourth-order valence-electron chi connectivity index (χ4n) is 1.67. The van der Waals surface area contributed by atoms with Crippen LogP contribution >= 0.6 is 0 Å². The number of ether oxygens (including phenoxy) is 1. The van der Waals surface area contributed by atoms with Gasteiger partial charge in [0.05, 0.1) is 5.69 Å². The Bertz CT molecular complexity index is 742. The molecule has 0 saturated carbocycles. The summed E-state index contributed by atoms with van der Waals surface area (Å²) in [5.41, 5.74) is 0.758. The molecule has 0 aliphatic rings. The van der Waals surface area contributed by atoms with Crippen molar-refractivity contribution in [3.05, 3.63) is 42.7 Å². The molecule has 0 unspecified atom stereocenters. The summed E-state index contributed by atoms with van der Waals surface area (Å²) >= 11 is 0. The number of hydrogen-bond acceptors (Lipinski definition) is 7. The van der Waals surface area contributed by atoms with Gasteiger partial charge in [0.2, 0.25) is 11.9 Å². The van der Waals surface area contributed by atoms with E-state index in [0.29, 0.717) is 17.6 Å². The molecule has 8 nitrogen and oxygen atoms in total. The summed E-state index contributed by atoms with van der Waals surface area (Å²) in [5, 5.41) is 2.88. The highest BCUT2D eigenvalue weighted by Crippen LogP contribution is 2.21. The average Bonchev–Trinajstić information content (AvgIpc) is 3.04. The van der Waals surface area contributed by atoms with Crippen molar-refractivity contribution in [3.63, 3.8) is 0 Å². The summed E-state index contributed by atoms with van der Waals surface area (Å²) in [7, 11) is 1.73. The number of hydrogen-bond donors (Lipinski definition) is 1. The van der Waals surface area contributed by atoms with Crippen molar-refractivity contribution in [1.82, 2.24) is 29.5 Å². The van der Waals surface area contributed by atoms with E-state index in [9.17, 15) is 0 Å². The van der Waals surface area contributed by atoms with E-state index >= 15 is 0 Å². The molecular weight excluding hydrogens is 270 g/mol. The van der Waals surface area contributed by atoms with Gasteiger partial charge in [0.1, 0.15) is 6.33 Å². The highest BCUT2D eigenvalue weighted by Gasteiger charge is 2.10. The highest BCUT2D eigenvalue weighted by molar-refractivity contribution is 5.33. The van der Waals surface area contributed by atoms with E-state index in [2.05, 4.69) is 30.2 Å². The Kier molecular flexibility index (Phi) is 3.42. The van der Waals surface area contributed by atoms with Gasteiger partial charge in [-0.05, 0) is 19.1 Å². The number of anilines is 1. The zero-order valence-electron chi connectivity index (χ0n) is 11.6. The van der Waals surface area contributed by atoms with Gasteiger partial charge in [-0.15, -0.1) is 0 Å². The van der Waals surface area contributed by atoms with Crippen molar-refractivity contribution < 1.29 is 4.74 Å². The molecule has 3 rings (SSSR count). The summed E-state index contributed by atoms with van der Waals surface area (Å²) in [6.07, 6.45) is 6.70. The molecule has 0 saturated heterocycles. The second-order valence-corrected chi connectivity index (χ2v) is 4.15. The fraction of sp³-hybridized carbons (Fsp3) is 0.154. The number of pyridine rings is 1. The Morgan fingerprint density at radius 1 is 1.19 bits per heavy atom. The van der Waals surface area contributed by atoms with Gasteiger partial charge in [-0.2, -0.15) is 15.0 Å². The molecular formula is C13H13N7O. The van der Waals surface area contributed by atoms with E-state index in [4.69, 9.17) is 4.74 Å². The molecule has 3 aromatic heterocycles. The Labute approximate surface area is 120 Å². The normalized spacial score (nSPS) is 10.4. The molecule has 0 amide bonds. The predicted octanol–water partition coefficient (Wildman–Crippen LogP) is 1.59. The summed E-state index contributed by atoms with van der Waals surface area (Å²) in [5.74, 6) is 1.43. The molecule has 0 aromatic carbocycles. The SMILES string of the molecule is CNc1nc(Oc2cccnc2C)nc(-n2ccnc2)n1. The third-order valence-corrected chi connectivity index (χ3v) is 2.72. The first-order chi connectivity index (χ1) is 10.3. The molecule has 0 atom stereocenters. The van der Waals surface area contributed by atoms with Gasteiger partial charge in [0.15, 0.2) is 5.75 Å². The number of aryl methyl sites for hydroxylation is 1. The largest absolute Gasteiger partial charge is 0.422 e. The van der Waals surface area contributed by atoms with E-state index in [1.54, 1.807) is 42.6 Å². The van der Waals surface area contributed by atoms with Gasteiger partial charge < -0.3 is 10.1 Å². The molecule has 21 heavy (non-hydrogen) atoms. The molecule has 3 aromatic rings. The zero-order valence-corrected chi connectivity index (χ0v) is 11.6. The molecule has 0 spiro atoms. The van der Waals surface area contributed by atoms with Gasteiger partial charge in [0, 0.05) is 25.6 Å². The van der Waals surface area contributed by atoms with Crippen molar-refractivity contribution in [2.24, 2.45) is 0 Å². The van der Waals surface area contributed by atoms with E-state index < -0.39 is 0 Å². The number of nitrogens with one attached hydrogen (secondary N) is 1. The molecule has 8 heteroatoms. The van der Waals surface area contributed by atoms with Gasteiger partial charge in [-0.25, -0.2) is 4.98 Å². The lowest BCUT2D eigenvalue weighted by Crippen LogP contribution is -2.07. The third kappa shape index (κ3) is 2.78. The number of rotatable bonds is 4. The molecule has 0 fully saturated rings. The lowest BCUT2D eigenvalue weighted by atomic mass is 10.3. The predicted molar refractivity (Wildman–Crippen MR) is 75.5 cm³/mol. The zero-order chi connectivity index (χ0) is 14.7. The first kappa shape index (κ1) is 13.0. The average molecular weight is 283 g/mol. The quantitative estimate of drug-likeness (QED) is 0.777. The Morgan fingerprint density at radius 2 is 2.10 bits per heavy atom. The van der Waals surface area contributed by atoms with Gasteiger partial charge >= 0.3 is 6.01 Å². The smallest absolute Gasteiger partial charge is 0.328 e. The van der Waals surface area contributed by atoms with Crippen molar-refractivity contribution >= 4 is 5.95 Å². The van der Waals surface area contributed by atoms with Crippen LogP contribution in [0.3, 0.4) is 0 Å². The van der Waals surface area contributed by atoms with Crippen LogP contribution in [0.25, 0.3) is 5.95 Å². The number of aromatic nitrogens is 6. The second kappa shape index (κ2) is 5.53. The van der Waals surface area contributed by atoms with E-state index in [0.717, 1.165) is 5.69 Å². The standard InChI is InChI=1S/C13H13N7O/c1-9-10(4-3-5-16-9)21-13-18-11(14-2)17-12(19-13)20-7-6-15-8-20/h3-8H,1-2H3,(H,14,17,18,19). The molecule has 0 aliphatic carbocycles. The summed E-state index contributed by atoms with van der Waals surface area (Å²) in [6, 6.07) is 3.79. The fourth-order valence-corrected chi connectivity index (χ4v) is 1.67. The van der Waals surface area contributed by atoms with Crippen LogP contribution in [0.4, 0.5) is 5.95 Å². The Hall–Kier alpha value is -3.03. The van der Waals surface area contributed by atoms with Crippen molar-refractivity contribution in [1.29, 1.82) is 0 Å². The minimum Gasteiger partial charge on any atom is -0.422 e. The van der Waals surface area contributed by atoms with Crippen LogP contribution < -0.4 is 10.1 Å². The minimum atomic E-state index is 0.189. The Morgan fingerprint density at radius 3 is 2.81 bits per heavy atom.